The molecule has 0 aromatic carbocycles. The predicted molar refractivity (Wildman–Crippen MR) is 71.1 cm³/mol. The highest BCUT2D eigenvalue weighted by molar-refractivity contribution is 7.99. The number of thioether (sulfide) groups is 1. The van der Waals surface area contributed by atoms with Crippen LogP contribution in [0.15, 0.2) is 10.6 Å². The minimum Gasteiger partial charge on any atom is -0.361 e. The Morgan fingerprint density at radius 3 is 2.56 bits per heavy atom. The molecule has 3 heteroatoms. The maximum absolute atomic E-state index is 5.35. The number of rotatable bonds is 5. The van der Waals surface area contributed by atoms with Crippen molar-refractivity contribution < 1.29 is 4.52 Å². The minimum atomic E-state index is 0.0658. The first-order chi connectivity index (χ1) is 7.39. The fourth-order valence-corrected chi connectivity index (χ4v) is 2.27. The van der Waals surface area contributed by atoms with Gasteiger partial charge in [-0.25, -0.2) is 0 Å². The van der Waals surface area contributed by atoms with E-state index < -0.39 is 0 Å². The lowest BCUT2D eigenvalue weighted by Crippen LogP contribution is -2.09. The van der Waals surface area contributed by atoms with Gasteiger partial charge in [0.1, 0.15) is 5.76 Å². The molecule has 0 radical (unpaired) electrons. The van der Waals surface area contributed by atoms with Crippen LogP contribution in [-0.2, 0) is 11.8 Å². The third kappa shape index (κ3) is 4.60. The first-order valence-corrected chi connectivity index (χ1v) is 7.09. The van der Waals surface area contributed by atoms with Gasteiger partial charge >= 0.3 is 0 Å². The van der Waals surface area contributed by atoms with Crippen LogP contribution in [-0.4, -0.2) is 16.7 Å². The lowest BCUT2D eigenvalue weighted by Gasteiger charge is -2.12. The van der Waals surface area contributed by atoms with Crippen molar-refractivity contribution >= 4 is 11.8 Å². The van der Waals surface area contributed by atoms with Crippen LogP contribution in [0.1, 0.15) is 46.1 Å². The Bertz CT molecular complexity index is 312. The summed E-state index contributed by atoms with van der Waals surface area (Å²) < 4.78 is 5.35. The third-order valence-electron chi connectivity index (χ3n) is 2.25. The van der Waals surface area contributed by atoms with Gasteiger partial charge in [-0.15, -0.1) is 0 Å². The summed E-state index contributed by atoms with van der Waals surface area (Å²) in [5.41, 5.74) is 1.15. The molecule has 0 amide bonds. The van der Waals surface area contributed by atoms with Gasteiger partial charge in [0.15, 0.2) is 0 Å². The maximum Gasteiger partial charge on any atom is 0.142 e. The fraction of sp³-hybridized carbons (Fsp3) is 0.769. The molecule has 0 bridgehead atoms. The average Bonchev–Trinajstić information content (AvgIpc) is 2.59. The van der Waals surface area contributed by atoms with E-state index in [0.29, 0.717) is 0 Å². The monoisotopic (exact) mass is 241 g/mol. The van der Waals surface area contributed by atoms with Crippen molar-refractivity contribution in [1.29, 1.82) is 0 Å². The molecule has 0 N–H and O–H groups in total. The topological polar surface area (TPSA) is 26.0 Å². The summed E-state index contributed by atoms with van der Waals surface area (Å²) in [5, 5.41) is 4.11. The van der Waals surface area contributed by atoms with Gasteiger partial charge in [0.05, 0.1) is 5.69 Å². The van der Waals surface area contributed by atoms with Gasteiger partial charge in [-0.3, -0.25) is 0 Å². The second kappa shape index (κ2) is 5.76. The van der Waals surface area contributed by atoms with Gasteiger partial charge < -0.3 is 4.52 Å². The van der Waals surface area contributed by atoms with Crippen molar-refractivity contribution in [3.63, 3.8) is 0 Å². The number of hydrogen-bond donors (Lipinski definition) is 0. The van der Waals surface area contributed by atoms with E-state index in [2.05, 4.69) is 45.8 Å². The van der Waals surface area contributed by atoms with Crippen molar-refractivity contribution in [2.45, 2.75) is 46.5 Å². The third-order valence-corrected chi connectivity index (χ3v) is 3.65. The molecule has 92 valence electrons. The maximum atomic E-state index is 5.35. The molecular formula is C13H23NOS. The van der Waals surface area contributed by atoms with Gasteiger partial charge in [0.2, 0.25) is 0 Å². The number of aromatic nitrogens is 1. The second-order valence-corrected chi connectivity index (χ2v) is 6.80. The first kappa shape index (κ1) is 13.6. The summed E-state index contributed by atoms with van der Waals surface area (Å²) in [5.74, 6) is 4.11. The largest absolute Gasteiger partial charge is 0.361 e. The van der Waals surface area contributed by atoms with Gasteiger partial charge in [-0.2, -0.15) is 11.8 Å². The van der Waals surface area contributed by atoms with E-state index >= 15 is 0 Å². The summed E-state index contributed by atoms with van der Waals surface area (Å²) in [6, 6.07) is 2.09. The zero-order valence-corrected chi connectivity index (χ0v) is 11.9. The molecule has 0 unspecified atom stereocenters. The van der Waals surface area contributed by atoms with Crippen LogP contribution in [0, 0.1) is 5.92 Å². The Morgan fingerprint density at radius 1 is 1.38 bits per heavy atom. The number of aryl methyl sites for hydroxylation is 1. The van der Waals surface area contributed by atoms with E-state index in [-0.39, 0.29) is 5.41 Å². The summed E-state index contributed by atoms with van der Waals surface area (Å²) in [7, 11) is 0. The van der Waals surface area contributed by atoms with Crippen LogP contribution in [0.25, 0.3) is 0 Å². The summed E-state index contributed by atoms with van der Waals surface area (Å²) in [4.78, 5) is 0. The van der Waals surface area contributed by atoms with E-state index in [4.69, 9.17) is 4.52 Å². The molecule has 1 heterocycles. The fourth-order valence-electron chi connectivity index (χ4n) is 1.28. The van der Waals surface area contributed by atoms with E-state index in [1.165, 1.54) is 5.75 Å². The Kier molecular flexibility index (Phi) is 4.90. The van der Waals surface area contributed by atoms with Crippen molar-refractivity contribution in [1.82, 2.24) is 5.16 Å². The quantitative estimate of drug-likeness (QED) is 0.731. The van der Waals surface area contributed by atoms with Gasteiger partial charge in [-0.1, -0.05) is 39.8 Å². The lowest BCUT2D eigenvalue weighted by atomic mass is 9.93. The molecule has 2 nitrogen and oxygen atoms in total. The summed E-state index contributed by atoms with van der Waals surface area (Å²) >= 11 is 1.99. The molecule has 0 atom stereocenters. The summed E-state index contributed by atoms with van der Waals surface area (Å²) in [6.07, 6.45) is 1.01. The first-order valence-electron chi connectivity index (χ1n) is 5.93. The van der Waals surface area contributed by atoms with E-state index in [0.717, 1.165) is 29.5 Å². The Morgan fingerprint density at radius 2 is 2.06 bits per heavy atom. The van der Waals surface area contributed by atoms with Crippen LogP contribution in [0.2, 0.25) is 0 Å². The van der Waals surface area contributed by atoms with Crippen LogP contribution in [0.5, 0.6) is 0 Å². The zero-order chi connectivity index (χ0) is 12.2. The van der Waals surface area contributed by atoms with Crippen LogP contribution >= 0.6 is 11.8 Å². The molecular weight excluding hydrogens is 218 g/mol. The molecule has 1 aromatic heterocycles. The van der Waals surface area contributed by atoms with Gasteiger partial charge in [-0.05, 0) is 17.4 Å². The predicted octanol–water partition coefficient (Wildman–Crippen LogP) is 3.90. The Hall–Kier alpha value is -0.440. The van der Waals surface area contributed by atoms with Crippen molar-refractivity contribution in [3.05, 3.63) is 17.5 Å². The highest BCUT2D eigenvalue weighted by Crippen LogP contribution is 2.23. The summed E-state index contributed by atoms with van der Waals surface area (Å²) in [6.45, 7) is 10.9. The van der Waals surface area contributed by atoms with E-state index in [9.17, 15) is 0 Å². The lowest BCUT2D eigenvalue weighted by molar-refractivity contribution is 0.326. The molecule has 16 heavy (non-hydrogen) atoms. The van der Waals surface area contributed by atoms with Crippen molar-refractivity contribution in [3.8, 4) is 0 Å². The molecule has 0 aliphatic carbocycles. The van der Waals surface area contributed by atoms with E-state index in [1.54, 1.807) is 0 Å². The zero-order valence-electron chi connectivity index (χ0n) is 11.0. The second-order valence-electron chi connectivity index (χ2n) is 5.65. The molecule has 0 aliphatic heterocycles. The highest BCUT2D eigenvalue weighted by Gasteiger charge is 2.19. The van der Waals surface area contributed by atoms with E-state index in [1.807, 2.05) is 11.8 Å². The van der Waals surface area contributed by atoms with Crippen LogP contribution in [0.3, 0.4) is 0 Å². The molecule has 0 saturated heterocycles. The normalized spacial score (nSPS) is 12.4. The standard InChI is InChI=1S/C13H23NOS/c1-10(2)9-16-7-6-11-8-12(15-14-11)13(3,4)5/h8,10H,6-7,9H2,1-5H3. The highest BCUT2D eigenvalue weighted by atomic mass is 32.2. The van der Waals surface area contributed by atoms with Crippen LogP contribution < -0.4 is 0 Å². The van der Waals surface area contributed by atoms with Gasteiger partial charge in [0, 0.05) is 17.9 Å². The average molecular weight is 241 g/mol. The molecule has 1 aromatic rings. The van der Waals surface area contributed by atoms with Crippen molar-refractivity contribution in [2.24, 2.45) is 5.92 Å². The number of hydrogen-bond acceptors (Lipinski definition) is 3. The Balaban J connectivity index is 2.36. The molecule has 1 rings (SSSR count). The number of nitrogens with zero attached hydrogens (tertiary/aromatic N) is 1. The minimum absolute atomic E-state index is 0.0658. The molecule has 0 fully saturated rings. The SMILES string of the molecule is CC(C)CSCCc1cc(C(C)(C)C)on1. The Labute approximate surface area is 103 Å². The molecule has 0 spiro atoms. The molecule has 0 saturated carbocycles. The van der Waals surface area contributed by atoms with Gasteiger partial charge in [0.25, 0.3) is 0 Å². The van der Waals surface area contributed by atoms with Crippen molar-refractivity contribution in [2.75, 3.05) is 11.5 Å². The van der Waals surface area contributed by atoms with Crippen LogP contribution in [0.4, 0.5) is 0 Å². The smallest absolute Gasteiger partial charge is 0.142 e. The molecule has 0 aliphatic rings.